The Hall–Kier alpha value is -2.74. The van der Waals surface area contributed by atoms with Crippen molar-refractivity contribution in [2.24, 2.45) is 5.41 Å². The van der Waals surface area contributed by atoms with E-state index in [2.05, 4.69) is 50.4 Å². The standard InChI is InChI=1S/C24H32N6O2/c1-18-15-21(30-17-25-26-27-30)4-3-20(18)5-10-28-11-6-24(7-12-28)8-13-29(14-9-24)22-16-32-23(31)19(22)2/h3-4,15,17H,5-14,16H2,1-2H3. The molecule has 8 nitrogen and oxygen atoms in total. The number of benzene rings is 1. The van der Waals surface area contributed by atoms with Crippen LogP contribution >= 0.6 is 0 Å². The smallest absolute Gasteiger partial charge is 0.335 e. The Morgan fingerprint density at radius 1 is 1.06 bits per heavy atom. The Morgan fingerprint density at radius 2 is 1.81 bits per heavy atom. The fourth-order valence-corrected chi connectivity index (χ4v) is 5.46. The summed E-state index contributed by atoms with van der Waals surface area (Å²) in [6.45, 7) is 10.1. The topological polar surface area (TPSA) is 76.4 Å². The second kappa shape index (κ2) is 8.65. The molecular weight excluding hydrogens is 404 g/mol. The molecule has 4 heterocycles. The van der Waals surface area contributed by atoms with Gasteiger partial charge in [-0.25, -0.2) is 9.48 Å². The molecule has 1 aromatic heterocycles. The van der Waals surface area contributed by atoms with Gasteiger partial charge in [-0.15, -0.1) is 5.10 Å². The number of aromatic nitrogens is 4. The van der Waals surface area contributed by atoms with Crippen LogP contribution < -0.4 is 0 Å². The van der Waals surface area contributed by atoms with Crippen molar-refractivity contribution >= 4 is 5.97 Å². The molecular formula is C24H32N6O2. The van der Waals surface area contributed by atoms with Crippen molar-refractivity contribution in [3.63, 3.8) is 0 Å². The van der Waals surface area contributed by atoms with E-state index in [0.29, 0.717) is 12.0 Å². The molecule has 2 saturated heterocycles. The summed E-state index contributed by atoms with van der Waals surface area (Å²) in [6, 6.07) is 6.46. The van der Waals surface area contributed by atoms with Crippen molar-refractivity contribution in [1.29, 1.82) is 0 Å². The number of nitrogens with zero attached hydrogens (tertiary/aromatic N) is 6. The molecule has 0 unspecified atom stereocenters. The van der Waals surface area contributed by atoms with Gasteiger partial charge in [-0.2, -0.15) is 0 Å². The lowest BCUT2D eigenvalue weighted by Gasteiger charge is -2.47. The number of ether oxygens (including phenoxy) is 1. The Labute approximate surface area is 189 Å². The number of cyclic esters (lactones) is 1. The van der Waals surface area contributed by atoms with E-state index < -0.39 is 0 Å². The first kappa shape index (κ1) is 21.1. The van der Waals surface area contributed by atoms with E-state index in [1.807, 2.05) is 6.92 Å². The number of tetrazole rings is 1. The first-order valence-electron chi connectivity index (χ1n) is 11.7. The molecule has 0 radical (unpaired) electrons. The summed E-state index contributed by atoms with van der Waals surface area (Å²) in [4.78, 5) is 16.7. The van der Waals surface area contributed by atoms with Crippen LogP contribution in [0.25, 0.3) is 5.69 Å². The van der Waals surface area contributed by atoms with Gasteiger partial charge < -0.3 is 14.5 Å². The highest BCUT2D eigenvalue weighted by atomic mass is 16.5. The van der Waals surface area contributed by atoms with Crippen molar-refractivity contribution in [3.8, 4) is 5.69 Å². The predicted octanol–water partition coefficient (Wildman–Crippen LogP) is 2.52. The maximum atomic E-state index is 11.7. The molecule has 32 heavy (non-hydrogen) atoms. The third-order valence-electron chi connectivity index (χ3n) is 7.84. The van der Waals surface area contributed by atoms with Gasteiger partial charge in [0.25, 0.3) is 0 Å². The summed E-state index contributed by atoms with van der Waals surface area (Å²) < 4.78 is 6.90. The molecule has 2 fully saturated rings. The van der Waals surface area contributed by atoms with Crippen molar-refractivity contribution < 1.29 is 9.53 Å². The fourth-order valence-electron chi connectivity index (χ4n) is 5.46. The Morgan fingerprint density at radius 3 is 2.44 bits per heavy atom. The Balaban J connectivity index is 1.11. The third-order valence-corrected chi connectivity index (χ3v) is 7.84. The number of carbonyl (C=O) groups excluding carboxylic acids is 1. The zero-order valence-corrected chi connectivity index (χ0v) is 19.1. The van der Waals surface area contributed by atoms with Gasteiger partial charge in [-0.1, -0.05) is 6.07 Å². The molecule has 0 aliphatic carbocycles. The molecule has 0 amide bonds. The van der Waals surface area contributed by atoms with E-state index in [4.69, 9.17) is 4.74 Å². The van der Waals surface area contributed by atoms with Crippen LogP contribution in [0, 0.1) is 12.3 Å². The van der Waals surface area contributed by atoms with Crippen LogP contribution in [0.2, 0.25) is 0 Å². The van der Waals surface area contributed by atoms with E-state index in [-0.39, 0.29) is 5.97 Å². The van der Waals surface area contributed by atoms with Gasteiger partial charge in [0.2, 0.25) is 0 Å². The van der Waals surface area contributed by atoms with E-state index in [1.54, 1.807) is 11.0 Å². The van der Waals surface area contributed by atoms with Crippen LogP contribution in [0.15, 0.2) is 35.8 Å². The lowest BCUT2D eigenvalue weighted by Crippen LogP contribution is -2.47. The molecule has 2 aromatic rings. The number of hydrogen-bond donors (Lipinski definition) is 0. The van der Waals surface area contributed by atoms with Crippen molar-refractivity contribution in [3.05, 3.63) is 46.9 Å². The number of esters is 1. The molecule has 0 N–H and O–H groups in total. The molecule has 1 spiro atoms. The van der Waals surface area contributed by atoms with Crippen LogP contribution in [-0.2, 0) is 16.0 Å². The minimum Gasteiger partial charge on any atom is -0.456 e. The lowest BCUT2D eigenvalue weighted by molar-refractivity contribution is -0.136. The molecule has 0 bridgehead atoms. The van der Waals surface area contributed by atoms with E-state index in [0.717, 1.165) is 43.0 Å². The Kier molecular flexibility index (Phi) is 5.71. The van der Waals surface area contributed by atoms with Gasteiger partial charge in [0, 0.05) is 19.6 Å². The van der Waals surface area contributed by atoms with E-state index in [1.165, 1.54) is 49.9 Å². The summed E-state index contributed by atoms with van der Waals surface area (Å²) in [6.07, 6.45) is 7.72. The summed E-state index contributed by atoms with van der Waals surface area (Å²) in [5.41, 5.74) is 6.09. The molecule has 8 heteroatoms. The second-order valence-corrected chi connectivity index (χ2v) is 9.59. The third kappa shape index (κ3) is 4.16. The number of hydrogen-bond acceptors (Lipinski definition) is 7. The van der Waals surface area contributed by atoms with Crippen LogP contribution in [0.5, 0.6) is 0 Å². The zero-order valence-electron chi connectivity index (χ0n) is 19.1. The summed E-state index contributed by atoms with van der Waals surface area (Å²) in [5, 5.41) is 11.4. The highest BCUT2D eigenvalue weighted by Gasteiger charge is 2.39. The van der Waals surface area contributed by atoms with Crippen LogP contribution in [0.1, 0.15) is 43.7 Å². The highest BCUT2D eigenvalue weighted by Crippen LogP contribution is 2.42. The van der Waals surface area contributed by atoms with Crippen molar-refractivity contribution in [2.75, 3.05) is 39.3 Å². The van der Waals surface area contributed by atoms with Crippen LogP contribution in [0.4, 0.5) is 0 Å². The first-order valence-corrected chi connectivity index (χ1v) is 11.7. The minimum absolute atomic E-state index is 0.145. The van der Waals surface area contributed by atoms with Gasteiger partial charge in [0.05, 0.1) is 17.0 Å². The average molecular weight is 437 g/mol. The lowest BCUT2D eigenvalue weighted by atomic mass is 9.71. The summed E-state index contributed by atoms with van der Waals surface area (Å²) in [5.74, 6) is -0.145. The molecule has 0 saturated carbocycles. The fraction of sp³-hybridized carbons (Fsp3) is 0.583. The SMILES string of the molecule is CC1=C(N2CCC3(CCN(CCc4ccc(-n5cnnn5)cc4C)CC3)CC2)COC1=O. The van der Waals surface area contributed by atoms with Gasteiger partial charge in [-0.05, 0) is 98.1 Å². The van der Waals surface area contributed by atoms with Crippen LogP contribution in [-0.4, -0.2) is 75.3 Å². The molecule has 1 aromatic carbocycles. The second-order valence-electron chi connectivity index (χ2n) is 9.59. The minimum atomic E-state index is -0.145. The predicted molar refractivity (Wildman–Crippen MR) is 120 cm³/mol. The number of piperidine rings is 2. The van der Waals surface area contributed by atoms with Gasteiger partial charge in [0.15, 0.2) is 0 Å². The van der Waals surface area contributed by atoms with Crippen LogP contribution in [0.3, 0.4) is 0 Å². The summed E-state index contributed by atoms with van der Waals surface area (Å²) in [7, 11) is 0. The molecule has 3 aliphatic heterocycles. The largest absolute Gasteiger partial charge is 0.456 e. The zero-order chi connectivity index (χ0) is 22.1. The average Bonchev–Trinajstić information content (AvgIpc) is 3.46. The molecule has 5 rings (SSSR count). The van der Waals surface area contributed by atoms with Gasteiger partial charge >= 0.3 is 5.97 Å². The van der Waals surface area contributed by atoms with Gasteiger partial charge in [-0.3, -0.25) is 0 Å². The molecule has 3 aliphatic rings. The van der Waals surface area contributed by atoms with Gasteiger partial charge in [0.1, 0.15) is 12.9 Å². The first-order chi connectivity index (χ1) is 15.5. The maximum Gasteiger partial charge on any atom is 0.335 e. The summed E-state index contributed by atoms with van der Waals surface area (Å²) >= 11 is 0. The normalized spacial score (nSPS) is 21.4. The Bertz CT molecular complexity index is 998. The number of rotatable bonds is 5. The number of likely N-dealkylation sites (tertiary alicyclic amines) is 2. The number of aryl methyl sites for hydroxylation is 1. The molecule has 0 atom stereocenters. The van der Waals surface area contributed by atoms with Crippen molar-refractivity contribution in [2.45, 2.75) is 46.0 Å². The number of carbonyl (C=O) groups is 1. The van der Waals surface area contributed by atoms with E-state index in [9.17, 15) is 4.79 Å². The van der Waals surface area contributed by atoms with Crippen molar-refractivity contribution in [1.82, 2.24) is 30.0 Å². The monoisotopic (exact) mass is 436 g/mol. The maximum absolute atomic E-state index is 11.7. The molecule has 170 valence electrons. The highest BCUT2D eigenvalue weighted by molar-refractivity contribution is 5.90. The van der Waals surface area contributed by atoms with E-state index >= 15 is 0 Å². The quantitative estimate of drug-likeness (QED) is 0.667.